The molecule has 0 spiro atoms. The van der Waals surface area contributed by atoms with E-state index in [9.17, 15) is 18.0 Å². The van der Waals surface area contributed by atoms with Gasteiger partial charge in [-0.15, -0.1) is 0 Å². The van der Waals surface area contributed by atoms with Crippen LogP contribution in [0, 0.1) is 6.92 Å². The summed E-state index contributed by atoms with van der Waals surface area (Å²) in [5, 5.41) is 16.8. The van der Waals surface area contributed by atoms with Gasteiger partial charge in [0.1, 0.15) is 24.7 Å². The van der Waals surface area contributed by atoms with Crippen LogP contribution in [0.1, 0.15) is 34.9 Å². The smallest absolute Gasteiger partial charge is 0.416 e. The molecular formula is C23H21F3N2O5. The molecule has 0 amide bonds. The fourth-order valence-corrected chi connectivity index (χ4v) is 3.09. The van der Waals surface area contributed by atoms with Gasteiger partial charge >= 0.3 is 12.1 Å². The first-order valence-electron chi connectivity index (χ1n) is 9.94. The van der Waals surface area contributed by atoms with Gasteiger partial charge in [-0.05, 0) is 49.2 Å². The zero-order valence-electron chi connectivity index (χ0n) is 17.8. The van der Waals surface area contributed by atoms with E-state index < -0.39 is 17.7 Å². The number of carboxylic acid groups (broad SMARTS) is 1. The molecule has 0 fully saturated rings. The predicted octanol–water partition coefficient (Wildman–Crippen LogP) is 5.25. The predicted molar refractivity (Wildman–Crippen MR) is 113 cm³/mol. The molecule has 0 saturated heterocycles. The molecule has 1 heterocycles. The second-order valence-electron chi connectivity index (χ2n) is 7.11. The highest BCUT2D eigenvalue weighted by atomic mass is 19.4. The number of ether oxygens (including phenoxy) is 1. The minimum atomic E-state index is -4.45. The minimum absolute atomic E-state index is 0.0480. The standard InChI is InChI=1S/C23H21F3N2O5/c1-3-32-27-12-19-20(13-31-18-9-14(2)8-15(10-18)11-21(29)30)28-33-22(19)16-4-6-17(7-5-16)23(24,25)26/h4-10,12H,3,11,13H2,1-2H3,(H,29,30). The summed E-state index contributed by atoms with van der Waals surface area (Å²) in [6.07, 6.45) is -3.24. The molecule has 0 unspecified atom stereocenters. The summed E-state index contributed by atoms with van der Waals surface area (Å²) in [5.41, 5.74) is 1.74. The third-order valence-corrected chi connectivity index (χ3v) is 4.50. The average Bonchev–Trinajstić information content (AvgIpc) is 3.14. The van der Waals surface area contributed by atoms with Crippen molar-refractivity contribution in [1.82, 2.24) is 5.16 Å². The Morgan fingerprint density at radius 3 is 2.58 bits per heavy atom. The van der Waals surface area contributed by atoms with Crippen molar-refractivity contribution < 1.29 is 37.2 Å². The topological polar surface area (TPSA) is 94.2 Å². The van der Waals surface area contributed by atoms with E-state index in [1.54, 1.807) is 25.1 Å². The summed E-state index contributed by atoms with van der Waals surface area (Å²) in [5.74, 6) is -0.307. The van der Waals surface area contributed by atoms with E-state index >= 15 is 0 Å². The number of nitrogens with zero attached hydrogens (tertiary/aromatic N) is 2. The lowest BCUT2D eigenvalue weighted by Gasteiger charge is -2.08. The van der Waals surface area contributed by atoms with E-state index in [0.29, 0.717) is 34.7 Å². The van der Waals surface area contributed by atoms with Crippen molar-refractivity contribution in [3.63, 3.8) is 0 Å². The first-order valence-corrected chi connectivity index (χ1v) is 9.94. The Morgan fingerprint density at radius 1 is 1.21 bits per heavy atom. The fraction of sp³-hybridized carbons (Fsp3) is 0.261. The molecule has 174 valence electrons. The van der Waals surface area contributed by atoms with Gasteiger partial charge in [0.15, 0.2) is 5.76 Å². The van der Waals surface area contributed by atoms with E-state index in [-0.39, 0.29) is 18.8 Å². The van der Waals surface area contributed by atoms with Crippen LogP contribution in [0.25, 0.3) is 11.3 Å². The quantitative estimate of drug-likeness (QED) is 0.345. The molecule has 0 aliphatic carbocycles. The summed E-state index contributed by atoms with van der Waals surface area (Å²) in [4.78, 5) is 16.0. The van der Waals surface area contributed by atoms with Crippen molar-refractivity contribution in [3.8, 4) is 17.1 Å². The van der Waals surface area contributed by atoms with Crippen molar-refractivity contribution >= 4 is 12.2 Å². The number of carbonyl (C=O) groups is 1. The normalized spacial score (nSPS) is 11.7. The van der Waals surface area contributed by atoms with Crippen LogP contribution in [0.3, 0.4) is 0 Å². The molecular weight excluding hydrogens is 441 g/mol. The van der Waals surface area contributed by atoms with E-state index in [0.717, 1.165) is 17.7 Å². The Labute approximate surface area is 187 Å². The van der Waals surface area contributed by atoms with Crippen LogP contribution in [0.15, 0.2) is 52.1 Å². The zero-order chi connectivity index (χ0) is 24.0. The number of hydrogen-bond acceptors (Lipinski definition) is 6. The molecule has 7 nitrogen and oxygen atoms in total. The number of oxime groups is 1. The number of halogens is 3. The summed E-state index contributed by atoms with van der Waals surface area (Å²) in [6.45, 7) is 3.84. The van der Waals surface area contributed by atoms with E-state index in [1.807, 2.05) is 6.92 Å². The lowest BCUT2D eigenvalue weighted by atomic mass is 10.1. The van der Waals surface area contributed by atoms with Crippen molar-refractivity contribution in [1.29, 1.82) is 0 Å². The number of carboxylic acids is 1. The fourth-order valence-electron chi connectivity index (χ4n) is 3.09. The van der Waals surface area contributed by atoms with Gasteiger partial charge in [0.05, 0.1) is 23.8 Å². The first-order chi connectivity index (χ1) is 15.7. The van der Waals surface area contributed by atoms with E-state index in [1.165, 1.54) is 18.3 Å². The van der Waals surface area contributed by atoms with Gasteiger partial charge in [-0.25, -0.2) is 0 Å². The van der Waals surface area contributed by atoms with Gasteiger partial charge < -0.3 is 19.2 Å². The minimum Gasteiger partial charge on any atom is -0.487 e. The van der Waals surface area contributed by atoms with Crippen molar-refractivity contribution in [2.24, 2.45) is 5.16 Å². The van der Waals surface area contributed by atoms with Crippen LogP contribution in [-0.2, 0) is 28.8 Å². The maximum absolute atomic E-state index is 12.9. The summed E-state index contributed by atoms with van der Waals surface area (Å²) in [7, 11) is 0. The van der Waals surface area contributed by atoms with Gasteiger partial charge in [-0.3, -0.25) is 4.79 Å². The average molecular weight is 462 g/mol. The van der Waals surface area contributed by atoms with Crippen molar-refractivity contribution in [2.45, 2.75) is 33.1 Å². The molecule has 10 heteroatoms. The van der Waals surface area contributed by atoms with E-state index in [2.05, 4.69) is 10.3 Å². The maximum atomic E-state index is 12.9. The highest BCUT2D eigenvalue weighted by Crippen LogP contribution is 2.32. The van der Waals surface area contributed by atoms with Crippen LogP contribution < -0.4 is 4.74 Å². The highest BCUT2D eigenvalue weighted by molar-refractivity contribution is 5.89. The molecule has 3 rings (SSSR count). The molecule has 2 aromatic carbocycles. The maximum Gasteiger partial charge on any atom is 0.416 e. The number of hydrogen-bond donors (Lipinski definition) is 1. The molecule has 0 aliphatic heterocycles. The highest BCUT2D eigenvalue weighted by Gasteiger charge is 2.30. The summed E-state index contributed by atoms with van der Waals surface area (Å²) in [6, 6.07) is 9.58. The van der Waals surface area contributed by atoms with Crippen molar-refractivity contribution in [3.05, 3.63) is 70.4 Å². The number of rotatable bonds is 9. The molecule has 33 heavy (non-hydrogen) atoms. The van der Waals surface area contributed by atoms with Gasteiger partial charge in [-0.2, -0.15) is 13.2 Å². The molecule has 1 N–H and O–H groups in total. The third kappa shape index (κ3) is 6.34. The van der Waals surface area contributed by atoms with Gasteiger partial charge in [0.2, 0.25) is 0 Å². The Balaban J connectivity index is 1.88. The number of aliphatic carboxylic acids is 1. The molecule has 0 saturated carbocycles. The molecule has 0 atom stereocenters. The van der Waals surface area contributed by atoms with Crippen LogP contribution in [-0.4, -0.2) is 29.1 Å². The summed E-state index contributed by atoms with van der Waals surface area (Å²) < 4.78 is 49.8. The Kier molecular flexibility index (Phi) is 7.37. The Bertz CT molecular complexity index is 1140. The molecule has 3 aromatic rings. The van der Waals surface area contributed by atoms with Crippen LogP contribution in [0.5, 0.6) is 5.75 Å². The van der Waals surface area contributed by atoms with Crippen LogP contribution in [0.4, 0.5) is 13.2 Å². The molecule has 1 aromatic heterocycles. The SMILES string of the molecule is CCON=Cc1c(COc2cc(C)cc(CC(=O)O)c2)noc1-c1ccc(C(F)(F)F)cc1. The second kappa shape index (κ2) is 10.2. The van der Waals surface area contributed by atoms with Crippen molar-refractivity contribution in [2.75, 3.05) is 6.61 Å². The largest absolute Gasteiger partial charge is 0.487 e. The molecule has 0 aliphatic rings. The Morgan fingerprint density at radius 2 is 1.94 bits per heavy atom. The lowest BCUT2D eigenvalue weighted by Crippen LogP contribution is -2.04. The first kappa shape index (κ1) is 23.8. The Hall–Kier alpha value is -3.82. The van der Waals surface area contributed by atoms with Crippen LogP contribution in [0.2, 0.25) is 0 Å². The zero-order valence-corrected chi connectivity index (χ0v) is 17.8. The van der Waals surface area contributed by atoms with Gasteiger partial charge in [0.25, 0.3) is 0 Å². The number of alkyl halides is 3. The van der Waals surface area contributed by atoms with Crippen LogP contribution >= 0.6 is 0 Å². The van der Waals surface area contributed by atoms with Gasteiger partial charge in [-0.1, -0.05) is 28.5 Å². The van der Waals surface area contributed by atoms with E-state index in [4.69, 9.17) is 19.2 Å². The summed E-state index contributed by atoms with van der Waals surface area (Å²) >= 11 is 0. The second-order valence-corrected chi connectivity index (χ2v) is 7.11. The monoisotopic (exact) mass is 462 g/mol. The number of aromatic nitrogens is 1. The van der Waals surface area contributed by atoms with Gasteiger partial charge in [0, 0.05) is 5.56 Å². The number of benzene rings is 2. The lowest BCUT2D eigenvalue weighted by molar-refractivity contribution is -0.138. The molecule has 0 radical (unpaired) electrons. The molecule has 0 bridgehead atoms. The third-order valence-electron chi connectivity index (χ3n) is 4.50. The number of aryl methyl sites for hydroxylation is 1.